The fourth-order valence-electron chi connectivity index (χ4n) is 2.47. The third-order valence-electron chi connectivity index (χ3n) is 3.61. The maximum Gasteiger partial charge on any atom is 0.109 e. The Morgan fingerprint density at radius 2 is 1.95 bits per heavy atom. The van der Waals surface area contributed by atoms with Gasteiger partial charge in [0.2, 0.25) is 0 Å². The Kier molecular flexibility index (Phi) is 5.56. The van der Waals surface area contributed by atoms with Crippen LogP contribution in [0.2, 0.25) is 0 Å². The van der Waals surface area contributed by atoms with Crippen molar-refractivity contribution in [2.45, 2.75) is 32.2 Å². The molecule has 2 rings (SSSR count). The topological polar surface area (TPSA) is 47.1 Å². The normalized spacial score (nSPS) is 11.6. The Morgan fingerprint density at radius 1 is 1.15 bits per heavy atom. The van der Waals surface area contributed by atoms with Gasteiger partial charge in [0.05, 0.1) is 11.0 Å². The van der Waals surface area contributed by atoms with Crippen LogP contribution >= 0.6 is 0 Å². The number of imidazole rings is 1. The van der Waals surface area contributed by atoms with E-state index in [1.807, 2.05) is 0 Å². The smallest absolute Gasteiger partial charge is 0.109 e. The van der Waals surface area contributed by atoms with Gasteiger partial charge in [0.1, 0.15) is 5.82 Å². The molecule has 0 aliphatic carbocycles. The van der Waals surface area contributed by atoms with Crippen molar-refractivity contribution in [2.24, 2.45) is 5.73 Å². The lowest BCUT2D eigenvalue weighted by molar-refractivity contribution is 0.383. The van der Waals surface area contributed by atoms with E-state index in [1.54, 1.807) is 0 Å². The standard InChI is InChI=1S/C16H26N4/c1-19(2)12-13-20-15-9-6-5-8-14(15)18-16(20)10-4-3-7-11-17/h5-6,8-9H,3-4,7,10-13,17H2,1-2H3. The van der Waals surface area contributed by atoms with Gasteiger partial charge in [-0.2, -0.15) is 0 Å². The number of nitrogens with zero attached hydrogens (tertiary/aromatic N) is 3. The van der Waals surface area contributed by atoms with Gasteiger partial charge >= 0.3 is 0 Å². The number of nitrogens with two attached hydrogens (primary N) is 1. The van der Waals surface area contributed by atoms with Gasteiger partial charge in [-0.15, -0.1) is 0 Å². The van der Waals surface area contributed by atoms with E-state index in [1.165, 1.54) is 24.2 Å². The van der Waals surface area contributed by atoms with Crippen molar-refractivity contribution >= 4 is 11.0 Å². The van der Waals surface area contributed by atoms with Crippen LogP contribution in [0.4, 0.5) is 0 Å². The first kappa shape index (κ1) is 15.0. The Morgan fingerprint density at radius 3 is 2.70 bits per heavy atom. The van der Waals surface area contributed by atoms with Crippen LogP contribution in [0.3, 0.4) is 0 Å². The van der Waals surface area contributed by atoms with E-state index in [0.29, 0.717) is 0 Å². The monoisotopic (exact) mass is 274 g/mol. The van der Waals surface area contributed by atoms with E-state index in [9.17, 15) is 0 Å². The molecule has 0 aliphatic heterocycles. The molecule has 2 aromatic rings. The highest BCUT2D eigenvalue weighted by Gasteiger charge is 2.10. The van der Waals surface area contributed by atoms with Gasteiger partial charge < -0.3 is 15.2 Å². The molecule has 0 unspecified atom stereocenters. The van der Waals surface area contributed by atoms with Gasteiger partial charge in [0, 0.05) is 19.5 Å². The lowest BCUT2D eigenvalue weighted by atomic mass is 10.2. The molecule has 0 bridgehead atoms. The van der Waals surface area contributed by atoms with Crippen LogP contribution in [-0.4, -0.2) is 41.6 Å². The number of benzene rings is 1. The van der Waals surface area contributed by atoms with E-state index >= 15 is 0 Å². The highest BCUT2D eigenvalue weighted by atomic mass is 15.1. The molecule has 0 fully saturated rings. The number of hydrogen-bond acceptors (Lipinski definition) is 3. The minimum absolute atomic E-state index is 0.789. The summed E-state index contributed by atoms with van der Waals surface area (Å²) >= 11 is 0. The van der Waals surface area contributed by atoms with Crippen LogP contribution in [0.25, 0.3) is 11.0 Å². The van der Waals surface area contributed by atoms with Gasteiger partial charge in [-0.05, 0) is 45.6 Å². The second-order valence-electron chi connectivity index (χ2n) is 5.57. The van der Waals surface area contributed by atoms with E-state index in [2.05, 4.69) is 47.8 Å². The summed E-state index contributed by atoms with van der Waals surface area (Å²) in [6.07, 6.45) is 4.51. The first-order chi connectivity index (χ1) is 9.72. The van der Waals surface area contributed by atoms with Crippen LogP contribution in [0.15, 0.2) is 24.3 Å². The van der Waals surface area contributed by atoms with Gasteiger partial charge in [0.15, 0.2) is 0 Å². The fourth-order valence-corrected chi connectivity index (χ4v) is 2.47. The minimum Gasteiger partial charge on any atom is -0.330 e. The number of unbranched alkanes of at least 4 members (excludes halogenated alkanes) is 2. The molecule has 0 amide bonds. The van der Waals surface area contributed by atoms with Crippen LogP contribution in [-0.2, 0) is 13.0 Å². The molecule has 20 heavy (non-hydrogen) atoms. The number of aryl methyl sites for hydroxylation is 1. The molecule has 0 atom stereocenters. The first-order valence-electron chi connectivity index (χ1n) is 7.51. The van der Waals surface area contributed by atoms with E-state index in [-0.39, 0.29) is 0 Å². The van der Waals surface area contributed by atoms with Crippen LogP contribution in [0.1, 0.15) is 25.1 Å². The summed E-state index contributed by atoms with van der Waals surface area (Å²) in [5, 5.41) is 0. The van der Waals surface area contributed by atoms with Crippen LogP contribution < -0.4 is 5.73 Å². The molecule has 0 saturated heterocycles. The highest BCUT2D eigenvalue weighted by molar-refractivity contribution is 5.75. The number of para-hydroxylation sites is 2. The van der Waals surface area contributed by atoms with Gasteiger partial charge in [-0.3, -0.25) is 0 Å². The number of fused-ring (bicyclic) bond motifs is 1. The maximum absolute atomic E-state index is 5.55. The van der Waals surface area contributed by atoms with E-state index in [0.717, 1.165) is 38.0 Å². The van der Waals surface area contributed by atoms with Gasteiger partial charge in [-0.25, -0.2) is 4.98 Å². The molecular formula is C16H26N4. The molecule has 0 radical (unpaired) electrons. The Hall–Kier alpha value is -1.39. The zero-order chi connectivity index (χ0) is 14.4. The largest absolute Gasteiger partial charge is 0.330 e. The number of rotatable bonds is 8. The maximum atomic E-state index is 5.55. The van der Waals surface area contributed by atoms with E-state index < -0.39 is 0 Å². The first-order valence-corrected chi connectivity index (χ1v) is 7.51. The van der Waals surface area contributed by atoms with E-state index in [4.69, 9.17) is 10.7 Å². The third kappa shape index (κ3) is 3.81. The van der Waals surface area contributed by atoms with Crippen molar-refractivity contribution in [3.63, 3.8) is 0 Å². The molecular weight excluding hydrogens is 248 g/mol. The fraction of sp³-hybridized carbons (Fsp3) is 0.562. The number of aromatic nitrogens is 2. The molecule has 4 heteroatoms. The summed E-state index contributed by atoms with van der Waals surface area (Å²) in [5.41, 5.74) is 7.92. The molecule has 1 heterocycles. The molecule has 4 nitrogen and oxygen atoms in total. The van der Waals surface area contributed by atoms with Crippen molar-refractivity contribution in [1.29, 1.82) is 0 Å². The molecule has 0 saturated carbocycles. The quantitative estimate of drug-likeness (QED) is 0.751. The molecule has 110 valence electrons. The van der Waals surface area contributed by atoms with Crippen molar-refractivity contribution in [3.8, 4) is 0 Å². The summed E-state index contributed by atoms with van der Waals surface area (Å²) in [5.74, 6) is 1.21. The molecule has 1 aromatic carbocycles. The zero-order valence-corrected chi connectivity index (χ0v) is 12.7. The average Bonchev–Trinajstić information content (AvgIpc) is 2.79. The average molecular weight is 274 g/mol. The predicted octanol–water partition coefficient (Wildman–Crippen LogP) is 2.27. The lowest BCUT2D eigenvalue weighted by Crippen LogP contribution is -2.19. The number of hydrogen-bond donors (Lipinski definition) is 1. The summed E-state index contributed by atoms with van der Waals surface area (Å²) in [7, 11) is 4.22. The minimum atomic E-state index is 0.789. The molecule has 1 aromatic heterocycles. The third-order valence-corrected chi connectivity index (χ3v) is 3.61. The lowest BCUT2D eigenvalue weighted by Gasteiger charge is -2.13. The SMILES string of the molecule is CN(C)CCn1c(CCCCCN)nc2ccccc21. The van der Waals surface area contributed by atoms with Crippen molar-refractivity contribution in [2.75, 3.05) is 27.2 Å². The van der Waals surface area contributed by atoms with Crippen molar-refractivity contribution in [1.82, 2.24) is 14.5 Å². The Balaban J connectivity index is 2.15. The van der Waals surface area contributed by atoms with Crippen LogP contribution in [0.5, 0.6) is 0 Å². The molecule has 0 aliphatic rings. The summed E-state index contributed by atoms with van der Waals surface area (Å²) in [4.78, 5) is 7.02. The Labute approximate surface area is 121 Å². The number of likely N-dealkylation sites (N-methyl/N-ethyl adjacent to an activating group) is 1. The highest BCUT2D eigenvalue weighted by Crippen LogP contribution is 2.17. The second-order valence-corrected chi connectivity index (χ2v) is 5.57. The molecule has 0 spiro atoms. The van der Waals surface area contributed by atoms with Crippen molar-refractivity contribution < 1.29 is 0 Å². The summed E-state index contributed by atoms with van der Waals surface area (Å²) in [6.45, 7) is 2.83. The molecule has 2 N–H and O–H groups in total. The Bertz CT molecular complexity index is 530. The van der Waals surface area contributed by atoms with Gasteiger partial charge in [0.25, 0.3) is 0 Å². The summed E-state index contributed by atoms with van der Waals surface area (Å²) in [6, 6.07) is 8.42. The van der Waals surface area contributed by atoms with Crippen LogP contribution in [0, 0.1) is 0 Å². The second kappa shape index (κ2) is 7.41. The van der Waals surface area contributed by atoms with Crippen molar-refractivity contribution in [3.05, 3.63) is 30.1 Å². The summed E-state index contributed by atoms with van der Waals surface area (Å²) < 4.78 is 2.37. The zero-order valence-electron chi connectivity index (χ0n) is 12.7. The van der Waals surface area contributed by atoms with Gasteiger partial charge in [-0.1, -0.05) is 18.6 Å². The predicted molar refractivity (Wildman–Crippen MR) is 84.9 cm³/mol.